The van der Waals surface area contributed by atoms with Crippen molar-refractivity contribution < 1.29 is 18.9 Å². The van der Waals surface area contributed by atoms with Crippen molar-refractivity contribution in [1.82, 2.24) is 14.9 Å². The summed E-state index contributed by atoms with van der Waals surface area (Å²) in [6, 6.07) is 11.4. The van der Waals surface area contributed by atoms with Crippen LogP contribution in [0.5, 0.6) is 23.0 Å². The van der Waals surface area contributed by atoms with Gasteiger partial charge in [0.1, 0.15) is 5.75 Å². The van der Waals surface area contributed by atoms with Crippen LogP contribution in [0.2, 0.25) is 0 Å². The van der Waals surface area contributed by atoms with Crippen LogP contribution in [0, 0.1) is 4.77 Å². The maximum atomic E-state index is 5.44. The van der Waals surface area contributed by atoms with Crippen LogP contribution in [0.3, 0.4) is 0 Å². The summed E-state index contributed by atoms with van der Waals surface area (Å²) in [5, 5.41) is 7.15. The van der Waals surface area contributed by atoms with Gasteiger partial charge in [0.25, 0.3) is 0 Å². The molecule has 1 heterocycles. The number of aromatic nitrogens is 3. The maximum Gasteiger partial charge on any atom is 0.214 e. The highest BCUT2D eigenvalue weighted by Gasteiger charge is 2.15. The summed E-state index contributed by atoms with van der Waals surface area (Å²) in [5.41, 5.74) is 5.01. The lowest BCUT2D eigenvalue weighted by atomic mass is 10.2. The van der Waals surface area contributed by atoms with Gasteiger partial charge in [-0.05, 0) is 42.0 Å². The molecule has 0 fully saturated rings. The summed E-state index contributed by atoms with van der Waals surface area (Å²) in [4.78, 5) is 0. The minimum atomic E-state index is 0.438. The van der Waals surface area contributed by atoms with Crippen molar-refractivity contribution in [2.75, 3.05) is 33.9 Å². The Morgan fingerprint density at radius 2 is 1.61 bits per heavy atom. The first-order valence-corrected chi connectivity index (χ1v) is 8.87. The lowest BCUT2D eigenvalue weighted by Gasteiger charge is -2.16. The Labute approximate surface area is 168 Å². The van der Waals surface area contributed by atoms with Crippen molar-refractivity contribution in [3.8, 4) is 34.4 Å². The second kappa shape index (κ2) is 8.66. The van der Waals surface area contributed by atoms with E-state index in [1.165, 1.54) is 0 Å². The monoisotopic (exact) mass is 402 g/mol. The molecule has 0 spiro atoms. The zero-order valence-electron chi connectivity index (χ0n) is 16.1. The number of hydrogen-bond acceptors (Lipinski definition) is 7. The van der Waals surface area contributed by atoms with Crippen molar-refractivity contribution in [3.05, 3.63) is 46.7 Å². The van der Waals surface area contributed by atoms with E-state index < -0.39 is 0 Å². The third-order valence-electron chi connectivity index (χ3n) is 4.19. The van der Waals surface area contributed by atoms with E-state index in [0.717, 1.165) is 11.1 Å². The van der Waals surface area contributed by atoms with E-state index in [1.54, 1.807) is 33.1 Å². The summed E-state index contributed by atoms with van der Waals surface area (Å²) in [6.07, 6.45) is 0. The van der Waals surface area contributed by atoms with Crippen LogP contribution in [-0.4, -0.2) is 43.3 Å². The molecule has 28 heavy (non-hydrogen) atoms. The first-order valence-electron chi connectivity index (χ1n) is 8.46. The highest BCUT2D eigenvalue weighted by atomic mass is 32.1. The van der Waals surface area contributed by atoms with Crippen molar-refractivity contribution >= 4 is 12.2 Å². The molecule has 0 aliphatic heterocycles. The van der Waals surface area contributed by atoms with Gasteiger partial charge in [0.15, 0.2) is 17.3 Å². The number of ether oxygens (including phenoxy) is 4. The highest BCUT2D eigenvalue weighted by Crippen LogP contribution is 2.38. The summed E-state index contributed by atoms with van der Waals surface area (Å²) >= 11 is 5.38. The molecule has 0 atom stereocenters. The van der Waals surface area contributed by atoms with Crippen LogP contribution in [-0.2, 0) is 6.54 Å². The first-order chi connectivity index (χ1) is 13.6. The number of benzene rings is 2. The van der Waals surface area contributed by atoms with Gasteiger partial charge in [-0.3, -0.25) is 0 Å². The van der Waals surface area contributed by atoms with Gasteiger partial charge in [0, 0.05) is 0 Å². The molecule has 0 radical (unpaired) electrons. The number of nitrogens with one attached hydrogen (secondary N) is 2. The standard InChI is InChI=1S/C19H22N4O4S/c1-24-14-8-6-5-7-13(14)18-21-22-19(28)23(18)20-11-12-9-15(25-2)17(27-4)16(10-12)26-3/h5-10,20H,11H2,1-4H3,(H,22,28). The van der Waals surface area contributed by atoms with E-state index in [9.17, 15) is 0 Å². The van der Waals surface area contributed by atoms with Gasteiger partial charge in [-0.25, -0.2) is 9.77 Å². The third-order valence-corrected chi connectivity index (χ3v) is 4.46. The van der Waals surface area contributed by atoms with Crippen LogP contribution in [0.4, 0.5) is 0 Å². The molecule has 2 aromatic carbocycles. The van der Waals surface area contributed by atoms with Crippen LogP contribution < -0.4 is 24.4 Å². The Hall–Kier alpha value is -3.20. The van der Waals surface area contributed by atoms with Gasteiger partial charge in [0.05, 0.1) is 40.5 Å². The van der Waals surface area contributed by atoms with Crippen LogP contribution >= 0.6 is 12.2 Å². The molecular weight excluding hydrogens is 380 g/mol. The van der Waals surface area contributed by atoms with Crippen molar-refractivity contribution in [2.45, 2.75) is 6.54 Å². The van der Waals surface area contributed by atoms with Gasteiger partial charge in [0.2, 0.25) is 10.5 Å². The Kier molecular flexibility index (Phi) is 6.05. The second-order valence-corrected chi connectivity index (χ2v) is 6.14. The fraction of sp³-hybridized carbons (Fsp3) is 0.263. The van der Waals surface area contributed by atoms with Crippen LogP contribution in [0.15, 0.2) is 36.4 Å². The van der Waals surface area contributed by atoms with Crippen LogP contribution in [0.1, 0.15) is 5.56 Å². The molecule has 0 bridgehead atoms. The molecule has 3 rings (SSSR count). The Balaban J connectivity index is 1.92. The Bertz CT molecular complexity index is 990. The minimum absolute atomic E-state index is 0.438. The fourth-order valence-corrected chi connectivity index (χ4v) is 3.06. The number of aromatic amines is 1. The molecule has 0 unspecified atom stereocenters. The van der Waals surface area contributed by atoms with Crippen molar-refractivity contribution in [3.63, 3.8) is 0 Å². The smallest absolute Gasteiger partial charge is 0.214 e. The number of methoxy groups -OCH3 is 4. The molecule has 3 aromatic rings. The predicted molar refractivity (Wildman–Crippen MR) is 109 cm³/mol. The molecule has 0 aliphatic rings. The lowest BCUT2D eigenvalue weighted by Crippen LogP contribution is -2.16. The number of para-hydroxylation sites is 1. The van der Waals surface area contributed by atoms with Gasteiger partial charge in [-0.2, -0.15) is 5.10 Å². The number of nitrogens with zero attached hydrogens (tertiary/aromatic N) is 2. The number of hydrogen-bond donors (Lipinski definition) is 2. The Morgan fingerprint density at radius 3 is 2.21 bits per heavy atom. The van der Waals surface area contributed by atoms with Crippen molar-refractivity contribution in [2.24, 2.45) is 0 Å². The minimum Gasteiger partial charge on any atom is -0.496 e. The number of rotatable bonds is 8. The van der Waals surface area contributed by atoms with E-state index in [2.05, 4.69) is 15.6 Å². The summed E-state index contributed by atoms with van der Waals surface area (Å²) in [6.45, 7) is 0.451. The quantitative estimate of drug-likeness (QED) is 0.559. The SMILES string of the molecule is COc1ccccc1-c1n[nH]c(=S)n1NCc1cc(OC)c(OC)c(OC)c1. The fourth-order valence-electron chi connectivity index (χ4n) is 2.86. The van der Waals surface area contributed by atoms with Crippen molar-refractivity contribution in [1.29, 1.82) is 0 Å². The molecule has 1 aromatic heterocycles. The van der Waals surface area contributed by atoms with Gasteiger partial charge in [-0.1, -0.05) is 12.1 Å². The summed E-state index contributed by atoms with van der Waals surface area (Å²) in [7, 11) is 6.36. The summed E-state index contributed by atoms with van der Waals surface area (Å²) < 4.78 is 23.8. The molecule has 8 nitrogen and oxygen atoms in total. The first kappa shape index (κ1) is 19.6. The molecular formula is C19H22N4O4S. The van der Waals surface area contributed by atoms with Gasteiger partial charge < -0.3 is 24.4 Å². The van der Waals surface area contributed by atoms with E-state index in [-0.39, 0.29) is 0 Å². The molecule has 9 heteroatoms. The van der Waals surface area contributed by atoms with E-state index in [4.69, 9.17) is 31.2 Å². The van der Waals surface area contributed by atoms with E-state index in [0.29, 0.717) is 40.1 Å². The average molecular weight is 402 g/mol. The normalized spacial score (nSPS) is 10.4. The molecule has 148 valence electrons. The zero-order chi connectivity index (χ0) is 20.1. The molecule has 2 N–H and O–H groups in total. The topological polar surface area (TPSA) is 82.6 Å². The summed E-state index contributed by atoms with van der Waals surface area (Å²) in [5.74, 6) is 3.03. The Morgan fingerprint density at radius 1 is 0.964 bits per heavy atom. The second-order valence-electron chi connectivity index (χ2n) is 5.76. The largest absolute Gasteiger partial charge is 0.496 e. The highest BCUT2D eigenvalue weighted by molar-refractivity contribution is 7.71. The average Bonchev–Trinajstić information content (AvgIpc) is 3.11. The zero-order valence-corrected chi connectivity index (χ0v) is 16.9. The predicted octanol–water partition coefficient (Wildman–Crippen LogP) is 3.39. The maximum absolute atomic E-state index is 5.44. The molecule has 0 amide bonds. The van der Waals surface area contributed by atoms with E-state index in [1.807, 2.05) is 36.4 Å². The van der Waals surface area contributed by atoms with Gasteiger partial charge in [-0.15, -0.1) is 0 Å². The number of H-pyrrole nitrogens is 1. The molecule has 0 saturated carbocycles. The van der Waals surface area contributed by atoms with E-state index >= 15 is 0 Å². The molecule has 0 saturated heterocycles. The molecule has 0 aliphatic carbocycles. The third kappa shape index (κ3) is 3.74. The van der Waals surface area contributed by atoms with Crippen LogP contribution in [0.25, 0.3) is 11.4 Å². The lowest BCUT2D eigenvalue weighted by molar-refractivity contribution is 0.324. The van der Waals surface area contributed by atoms with Gasteiger partial charge >= 0.3 is 0 Å².